The molecule has 0 saturated heterocycles. The molecule has 0 aliphatic heterocycles. The normalized spacial score (nSPS) is 11.0. The largest absolute Gasteiger partial charge is 2.00 e. The van der Waals surface area contributed by atoms with E-state index in [1.807, 2.05) is 6.92 Å². The maximum absolute atomic E-state index is 11.3. The predicted molar refractivity (Wildman–Crippen MR) is 92.4 cm³/mol. The summed E-state index contributed by atoms with van der Waals surface area (Å²) in [6, 6.07) is 0. The molecular formula is C17H34BaO4. The Labute approximate surface area is 178 Å². The molecule has 0 radical (unpaired) electrons. The first-order chi connectivity index (χ1) is 10.0. The van der Waals surface area contributed by atoms with E-state index in [-0.39, 0.29) is 64.6 Å². The number of unbranched alkanes of at least 4 members (excludes halogenated alkanes) is 8. The van der Waals surface area contributed by atoms with Gasteiger partial charge in [-0.15, -0.1) is 0 Å². The fraction of sp³-hybridized carbons (Fsp3) is 0.882. The zero-order valence-electron chi connectivity index (χ0n) is 16.4. The topological polar surface area (TPSA) is 74.6 Å². The van der Waals surface area contributed by atoms with Gasteiger partial charge in [-0.3, -0.25) is 9.59 Å². The molecule has 0 aromatic heterocycles. The molecule has 0 aliphatic rings. The van der Waals surface area contributed by atoms with Crippen molar-refractivity contribution in [3.63, 3.8) is 0 Å². The molecule has 22 heavy (non-hydrogen) atoms. The standard InChI is InChI=1S/C17H32O4.Ba.2H/c1-3-5-6-7-8-9-10-11-12-14-17(13-4-2,15(18)19)16(20)21;;;/h3-14H2,1-2H3,(H,18,19)(H,20,21);;;/q;+2;2*-1. The van der Waals surface area contributed by atoms with Gasteiger partial charge in [0.25, 0.3) is 0 Å². The quantitative estimate of drug-likeness (QED) is 0.233. The van der Waals surface area contributed by atoms with E-state index in [0.717, 1.165) is 12.8 Å². The van der Waals surface area contributed by atoms with E-state index < -0.39 is 17.4 Å². The molecule has 0 atom stereocenters. The second-order valence-corrected chi connectivity index (χ2v) is 6.02. The number of hydrogen-bond acceptors (Lipinski definition) is 2. The van der Waals surface area contributed by atoms with Gasteiger partial charge >= 0.3 is 60.8 Å². The van der Waals surface area contributed by atoms with Crippen LogP contribution in [-0.4, -0.2) is 71.0 Å². The number of hydrogen-bond donors (Lipinski definition) is 2. The molecule has 0 spiro atoms. The molecule has 0 fully saturated rings. The zero-order chi connectivity index (χ0) is 16.1. The molecule has 0 aromatic carbocycles. The number of carbonyl (C=O) groups is 2. The molecule has 4 nitrogen and oxygen atoms in total. The van der Waals surface area contributed by atoms with Crippen molar-refractivity contribution in [3.8, 4) is 0 Å². The third-order valence-electron chi connectivity index (χ3n) is 4.20. The van der Waals surface area contributed by atoms with Crippen molar-refractivity contribution in [2.45, 2.75) is 90.9 Å². The average molecular weight is 440 g/mol. The maximum atomic E-state index is 11.3. The minimum Gasteiger partial charge on any atom is -1.00 e. The molecule has 0 unspecified atom stereocenters. The Balaban J connectivity index is -0.000000667. The van der Waals surface area contributed by atoms with Crippen molar-refractivity contribution in [1.29, 1.82) is 0 Å². The zero-order valence-corrected chi connectivity index (χ0v) is 18.8. The maximum Gasteiger partial charge on any atom is 2.00 e. The second-order valence-electron chi connectivity index (χ2n) is 6.02. The van der Waals surface area contributed by atoms with Crippen LogP contribution in [0.4, 0.5) is 0 Å². The minimum atomic E-state index is -1.57. The molecule has 0 aromatic rings. The molecule has 0 heterocycles. The van der Waals surface area contributed by atoms with Gasteiger partial charge in [-0.1, -0.05) is 78.1 Å². The van der Waals surface area contributed by atoms with E-state index in [4.69, 9.17) is 0 Å². The van der Waals surface area contributed by atoms with Gasteiger partial charge in [0.2, 0.25) is 0 Å². The summed E-state index contributed by atoms with van der Waals surface area (Å²) in [6.45, 7) is 4.03. The molecule has 0 saturated carbocycles. The van der Waals surface area contributed by atoms with Crippen molar-refractivity contribution >= 4 is 60.8 Å². The predicted octanol–water partition coefficient (Wildman–Crippen LogP) is 4.71. The average Bonchev–Trinajstić information content (AvgIpc) is 2.43. The first-order valence-corrected chi connectivity index (χ1v) is 8.48. The van der Waals surface area contributed by atoms with Crippen LogP contribution in [0.3, 0.4) is 0 Å². The molecule has 0 amide bonds. The van der Waals surface area contributed by atoms with Crippen molar-refractivity contribution in [3.05, 3.63) is 0 Å². The summed E-state index contributed by atoms with van der Waals surface area (Å²) in [4.78, 5) is 22.7. The van der Waals surface area contributed by atoms with Crippen LogP contribution in [0.5, 0.6) is 0 Å². The Morgan fingerprint density at radius 3 is 1.50 bits per heavy atom. The van der Waals surface area contributed by atoms with Crippen LogP contribution in [0.15, 0.2) is 0 Å². The number of aliphatic carboxylic acids is 2. The van der Waals surface area contributed by atoms with Gasteiger partial charge in [0.15, 0.2) is 5.41 Å². The van der Waals surface area contributed by atoms with Crippen LogP contribution >= 0.6 is 0 Å². The van der Waals surface area contributed by atoms with Crippen LogP contribution in [0.1, 0.15) is 93.8 Å². The molecular weight excluding hydrogens is 406 g/mol. The fourth-order valence-corrected chi connectivity index (χ4v) is 2.81. The first kappa shape index (κ1) is 24.8. The summed E-state index contributed by atoms with van der Waals surface area (Å²) in [6.07, 6.45) is 11.3. The Kier molecular flexibility index (Phi) is 17.0. The summed E-state index contributed by atoms with van der Waals surface area (Å²) in [5.74, 6) is -2.37. The number of rotatable bonds is 14. The summed E-state index contributed by atoms with van der Waals surface area (Å²) in [5, 5.41) is 18.5. The van der Waals surface area contributed by atoms with E-state index in [1.54, 1.807) is 0 Å². The SMILES string of the molecule is CCCCCCCCCCCC(CCC)(C(=O)O)C(=O)O.[Ba+2].[H-].[H-]. The van der Waals surface area contributed by atoms with Gasteiger partial charge in [0, 0.05) is 0 Å². The van der Waals surface area contributed by atoms with E-state index in [1.165, 1.54) is 38.5 Å². The number of carboxylic acid groups (broad SMARTS) is 2. The smallest absolute Gasteiger partial charge is 1.00 e. The van der Waals surface area contributed by atoms with Gasteiger partial charge in [-0.2, -0.15) is 0 Å². The Morgan fingerprint density at radius 1 is 0.727 bits per heavy atom. The van der Waals surface area contributed by atoms with Gasteiger partial charge in [0.1, 0.15) is 0 Å². The van der Waals surface area contributed by atoms with Crippen LogP contribution in [0, 0.1) is 5.41 Å². The summed E-state index contributed by atoms with van der Waals surface area (Å²) < 4.78 is 0. The third kappa shape index (κ3) is 9.61. The van der Waals surface area contributed by atoms with Crippen molar-refractivity contribution in [2.75, 3.05) is 0 Å². The Morgan fingerprint density at radius 2 is 1.14 bits per heavy atom. The van der Waals surface area contributed by atoms with Gasteiger partial charge in [-0.05, 0) is 12.8 Å². The van der Waals surface area contributed by atoms with Crippen LogP contribution in [-0.2, 0) is 9.59 Å². The molecule has 0 bridgehead atoms. The monoisotopic (exact) mass is 440 g/mol. The summed E-state index contributed by atoms with van der Waals surface area (Å²) in [5.41, 5.74) is -1.57. The Bertz CT molecular complexity index is 301. The summed E-state index contributed by atoms with van der Waals surface area (Å²) >= 11 is 0. The van der Waals surface area contributed by atoms with E-state index in [2.05, 4.69) is 6.92 Å². The van der Waals surface area contributed by atoms with Crippen LogP contribution in [0.25, 0.3) is 0 Å². The van der Waals surface area contributed by atoms with E-state index in [9.17, 15) is 19.8 Å². The van der Waals surface area contributed by atoms with Gasteiger partial charge < -0.3 is 13.1 Å². The molecule has 0 rings (SSSR count). The first-order valence-electron chi connectivity index (χ1n) is 8.48. The Hall–Kier alpha value is 0.511. The van der Waals surface area contributed by atoms with Crippen molar-refractivity contribution < 1.29 is 22.7 Å². The second kappa shape index (κ2) is 15.1. The van der Waals surface area contributed by atoms with Gasteiger partial charge in [0.05, 0.1) is 0 Å². The molecule has 2 N–H and O–H groups in total. The minimum absolute atomic E-state index is 0. The molecule has 0 aliphatic carbocycles. The van der Waals surface area contributed by atoms with Crippen LogP contribution < -0.4 is 0 Å². The molecule has 128 valence electrons. The molecule has 5 heteroatoms. The summed E-state index contributed by atoms with van der Waals surface area (Å²) in [7, 11) is 0. The number of carboxylic acids is 2. The van der Waals surface area contributed by atoms with E-state index >= 15 is 0 Å². The van der Waals surface area contributed by atoms with Gasteiger partial charge in [-0.25, -0.2) is 0 Å². The van der Waals surface area contributed by atoms with Crippen molar-refractivity contribution in [1.82, 2.24) is 0 Å². The van der Waals surface area contributed by atoms with Crippen LogP contribution in [0.2, 0.25) is 0 Å². The van der Waals surface area contributed by atoms with Crippen molar-refractivity contribution in [2.24, 2.45) is 5.41 Å². The van der Waals surface area contributed by atoms with E-state index in [0.29, 0.717) is 12.8 Å². The third-order valence-corrected chi connectivity index (χ3v) is 4.20. The fourth-order valence-electron chi connectivity index (χ4n) is 2.81.